The molecule has 2 amide bonds. The first-order chi connectivity index (χ1) is 13.3. The summed E-state index contributed by atoms with van der Waals surface area (Å²) in [5.41, 5.74) is 1.21. The molecule has 0 spiro atoms. The van der Waals surface area contributed by atoms with Gasteiger partial charge in [0.05, 0.1) is 15.0 Å². The number of thioether (sulfide) groups is 1. The van der Waals surface area contributed by atoms with Crippen molar-refractivity contribution in [2.24, 2.45) is 0 Å². The quantitative estimate of drug-likeness (QED) is 0.487. The number of hydrogen-bond acceptors (Lipinski definition) is 4. The maximum Gasteiger partial charge on any atom is 0.266 e. The molecule has 0 aliphatic carbocycles. The van der Waals surface area contributed by atoms with Crippen LogP contribution in [0.2, 0.25) is 10.0 Å². The number of nitrogens with one attached hydrogen (secondary N) is 1. The van der Waals surface area contributed by atoms with Crippen LogP contribution in [0.4, 0.5) is 10.1 Å². The van der Waals surface area contributed by atoms with Gasteiger partial charge in [-0.2, -0.15) is 0 Å². The smallest absolute Gasteiger partial charge is 0.266 e. The van der Waals surface area contributed by atoms with Gasteiger partial charge in [-0.1, -0.05) is 59.3 Å². The molecule has 0 radical (unpaired) electrons. The van der Waals surface area contributed by atoms with Crippen LogP contribution in [0.3, 0.4) is 0 Å². The molecular weight excluding hydrogens is 442 g/mol. The van der Waals surface area contributed by atoms with Gasteiger partial charge in [0.1, 0.15) is 10.1 Å². The number of amides is 2. The number of halogens is 3. The molecule has 0 bridgehead atoms. The largest absolute Gasteiger partial charge is 0.326 e. The predicted octanol–water partition coefficient (Wildman–Crippen LogP) is 5.36. The molecule has 0 unspecified atom stereocenters. The van der Waals surface area contributed by atoms with E-state index < -0.39 is 0 Å². The van der Waals surface area contributed by atoms with Crippen LogP contribution in [0.5, 0.6) is 0 Å². The molecule has 1 N–H and O–H groups in total. The van der Waals surface area contributed by atoms with E-state index in [1.54, 1.807) is 36.4 Å². The Kier molecular flexibility index (Phi) is 6.72. The number of carbonyl (C=O) groups is 2. The fraction of sp³-hybridized carbons (Fsp3) is 0.105. The fourth-order valence-electron chi connectivity index (χ4n) is 2.41. The van der Waals surface area contributed by atoms with Gasteiger partial charge in [0.2, 0.25) is 5.91 Å². The van der Waals surface area contributed by atoms with Gasteiger partial charge in [0, 0.05) is 18.7 Å². The third kappa shape index (κ3) is 5.11. The maximum absolute atomic E-state index is 13.0. The summed E-state index contributed by atoms with van der Waals surface area (Å²) in [6.45, 7) is 0.151. The van der Waals surface area contributed by atoms with Gasteiger partial charge in [0.25, 0.3) is 5.91 Å². The molecular formula is C19H13Cl2FN2O2S2. The fourth-order valence-corrected chi connectivity index (χ4v) is 4.02. The first-order valence-electron chi connectivity index (χ1n) is 8.09. The summed E-state index contributed by atoms with van der Waals surface area (Å²) in [5, 5.41) is 3.43. The summed E-state index contributed by atoms with van der Waals surface area (Å²) in [4.78, 5) is 26.5. The zero-order valence-electron chi connectivity index (χ0n) is 14.2. The highest BCUT2D eigenvalue weighted by atomic mass is 35.5. The van der Waals surface area contributed by atoms with Crippen LogP contribution in [0, 0.1) is 5.82 Å². The van der Waals surface area contributed by atoms with Gasteiger partial charge in [0.15, 0.2) is 0 Å². The van der Waals surface area contributed by atoms with Crippen LogP contribution in [0.25, 0.3) is 6.08 Å². The Morgan fingerprint density at radius 3 is 2.57 bits per heavy atom. The van der Waals surface area contributed by atoms with Gasteiger partial charge in [-0.3, -0.25) is 14.5 Å². The molecule has 1 fully saturated rings. The number of benzene rings is 2. The third-order valence-electron chi connectivity index (χ3n) is 3.81. The number of hydrogen-bond donors (Lipinski definition) is 1. The highest BCUT2D eigenvalue weighted by Crippen LogP contribution is 2.32. The Bertz CT molecular complexity index is 980. The van der Waals surface area contributed by atoms with Crippen molar-refractivity contribution in [1.29, 1.82) is 0 Å². The van der Waals surface area contributed by atoms with Crippen molar-refractivity contribution in [3.8, 4) is 0 Å². The summed E-state index contributed by atoms with van der Waals surface area (Å²) in [7, 11) is 0. The van der Waals surface area contributed by atoms with E-state index in [2.05, 4.69) is 5.32 Å². The van der Waals surface area contributed by atoms with Crippen LogP contribution in [0.15, 0.2) is 47.4 Å². The Balaban J connectivity index is 1.60. The number of thiocarbonyl (C=S) groups is 1. The molecule has 144 valence electrons. The molecule has 0 atom stereocenters. The molecule has 0 saturated carbocycles. The molecule has 1 aliphatic rings. The summed E-state index contributed by atoms with van der Waals surface area (Å²) in [6.07, 6.45) is 1.71. The van der Waals surface area contributed by atoms with Crippen LogP contribution < -0.4 is 5.32 Å². The van der Waals surface area contributed by atoms with Crippen molar-refractivity contribution < 1.29 is 14.0 Å². The maximum atomic E-state index is 13.0. The van der Waals surface area contributed by atoms with Crippen molar-refractivity contribution in [2.75, 3.05) is 11.9 Å². The summed E-state index contributed by atoms with van der Waals surface area (Å²) >= 11 is 18.2. The molecule has 1 aliphatic heterocycles. The lowest BCUT2D eigenvalue weighted by Crippen LogP contribution is -2.31. The van der Waals surface area contributed by atoms with Crippen LogP contribution in [0.1, 0.15) is 12.0 Å². The minimum atomic E-state index is -0.349. The zero-order chi connectivity index (χ0) is 20.3. The highest BCUT2D eigenvalue weighted by molar-refractivity contribution is 8.26. The van der Waals surface area contributed by atoms with E-state index in [1.165, 1.54) is 17.0 Å². The lowest BCUT2D eigenvalue weighted by molar-refractivity contribution is -0.122. The SMILES string of the molecule is O=C(CCN1C(=O)/C(=C/c2ccc(F)cc2)SC1=S)Nc1ccc(Cl)c(Cl)c1. The number of anilines is 1. The highest BCUT2D eigenvalue weighted by Gasteiger charge is 2.32. The molecule has 28 heavy (non-hydrogen) atoms. The van der Waals surface area contributed by atoms with E-state index in [0.717, 1.165) is 11.8 Å². The molecule has 0 aromatic heterocycles. The van der Waals surface area contributed by atoms with Gasteiger partial charge >= 0.3 is 0 Å². The van der Waals surface area contributed by atoms with Crippen molar-refractivity contribution in [2.45, 2.75) is 6.42 Å². The Hall–Kier alpha value is -1.93. The van der Waals surface area contributed by atoms with Crippen LogP contribution in [-0.2, 0) is 9.59 Å². The summed E-state index contributed by atoms with van der Waals surface area (Å²) < 4.78 is 13.4. The predicted molar refractivity (Wildman–Crippen MR) is 116 cm³/mol. The Morgan fingerprint density at radius 1 is 1.18 bits per heavy atom. The lowest BCUT2D eigenvalue weighted by atomic mass is 10.2. The van der Waals surface area contributed by atoms with E-state index in [4.69, 9.17) is 35.4 Å². The van der Waals surface area contributed by atoms with E-state index in [9.17, 15) is 14.0 Å². The van der Waals surface area contributed by atoms with Gasteiger partial charge < -0.3 is 5.32 Å². The van der Waals surface area contributed by atoms with E-state index >= 15 is 0 Å². The summed E-state index contributed by atoms with van der Waals surface area (Å²) in [5.74, 6) is -0.908. The average Bonchev–Trinajstić information content (AvgIpc) is 2.91. The van der Waals surface area contributed by atoms with E-state index in [-0.39, 0.29) is 30.6 Å². The van der Waals surface area contributed by atoms with E-state index in [0.29, 0.717) is 30.5 Å². The van der Waals surface area contributed by atoms with E-state index in [1.807, 2.05) is 0 Å². The molecule has 1 heterocycles. The second-order valence-corrected chi connectivity index (χ2v) is 8.30. The van der Waals surface area contributed by atoms with Crippen LogP contribution in [-0.4, -0.2) is 27.6 Å². The van der Waals surface area contributed by atoms with Gasteiger partial charge in [-0.25, -0.2) is 4.39 Å². The molecule has 4 nitrogen and oxygen atoms in total. The van der Waals surface area contributed by atoms with Crippen molar-refractivity contribution in [3.63, 3.8) is 0 Å². The van der Waals surface area contributed by atoms with Crippen molar-refractivity contribution in [3.05, 3.63) is 68.8 Å². The zero-order valence-corrected chi connectivity index (χ0v) is 17.4. The molecule has 2 aromatic carbocycles. The standard InChI is InChI=1S/C19H13Cl2FN2O2S2/c20-14-6-5-13(10-15(14)21)23-17(25)7-8-24-18(26)16(28-19(24)27)9-11-1-3-12(22)4-2-11/h1-6,9-10H,7-8H2,(H,23,25)/b16-9-. The van der Waals surface area contributed by atoms with Crippen LogP contribution >= 0.6 is 47.2 Å². The lowest BCUT2D eigenvalue weighted by Gasteiger charge is -2.14. The Morgan fingerprint density at radius 2 is 1.89 bits per heavy atom. The molecule has 9 heteroatoms. The average molecular weight is 455 g/mol. The van der Waals surface area contributed by atoms with Crippen molar-refractivity contribution in [1.82, 2.24) is 4.90 Å². The normalized spacial score (nSPS) is 15.4. The minimum absolute atomic E-state index is 0.0660. The second-order valence-electron chi connectivity index (χ2n) is 5.81. The monoisotopic (exact) mass is 454 g/mol. The molecule has 3 rings (SSSR count). The first kappa shape index (κ1) is 20.8. The summed E-state index contributed by atoms with van der Waals surface area (Å²) in [6, 6.07) is 10.6. The second kappa shape index (κ2) is 9.05. The van der Waals surface area contributed by atoms with Crippen molar-refractivity contribution >= 4 is 75.1 Å². The van der Waals surface area contributed by atoms with Gasteiger partial charge in [-0.15, -0.1) is 0 Å². The first-order valence-corrected chi connectivity index (χ1v) is 10.1. The number of rotatable bonds is 5. The molecule has 1 saturated heterocycles. The Labute approximate surface area is 180 Å². The topological polar surface area (TPSA) is 49.4 Å². The van der Waals surface area contributed by atoms with Gasteiger partial charge in [-0.05, 0) is 42.0 Å². The number of carbonyl (C=O) groups excluding carboxylic acids is 2. The molecule has 2 aromatic rings. The third-order valence-corrected chi connectivity index (χ3v) is 5.92. The minimum Gasteiger partial charge on any atom is -0.326 e. The number of nitrogens with zero attached hydrogens (tertiary/aromatic N) is 1.